The number of phenolic OH excluding ortho intramolecular Hbond substituents is 1. The van der Waals surface area contributed by atoms with Crippen molar-refractivity contribution in [2.24, 2.45) is 16.2 Å². The lowest BCUT2D eigenvalue weighted by molar-refractivity contribution is -0.366. The van der Waals surface area contributed by atoms with E-state index in [4.69, 9.17) is 14.5 Å². The zero-order chi connectivity index (χ0) is 46.4. The summed E-state index contributed by atoms with van der Waals surface area (Å²) in [5.41, 5.74) is 1.23. The molecule has 15 heteroatoms. The van der Waals surface area contributed by atoms with Crippen molar-refractivity contribution < 1.29 is 49.7 Å². The van der Waals surface area contributed by atoms with E-state index >= 15 is 4.79 Å². The molecule has 4 aliphatic heterocycles. The van der Waals surface area contributed by atoms with E-state index in [9.17, 15) is 35.4 Å². The molecular formula is C53H53N5O10. The molecular weight excluding hydrogens is 867 g/mol. The van der Waals surface area contributed by atoms with Gasteiger partial charge < -0.3 is 55.4 Å². The average molecular weight is 920 g/mol. The lowest BCUT2D eigenvalue weighted by atomic mass is 9.51. The molecule has 4 fully saturated rings. The second kappa shape index (κ2) is 13.5. The lowest BCUT2D eigenvalue weighted by Gasteiger charge is -2.64. The van der Waals surface area contributed by atoms with Crippen LogP contribution in [0.15, 0.2) is 66.3 Å². The number of hydrogen-bond acceptors (Lipinski definition) is 13. The Kier molecular flexibility index (Phi) is 8.23. The number of aliphatic hydroxyl groups is 5. The smallest absolute Gasteiger partial charge is 0.261 e. The van der Waals surface area contributed by atoms with E-state index in [0.29, 0.717) is 71.1 Å². The minimum Gasteiger partial charge on any atom is -0.507 e. The van der Waals surface area contributed by atoms with Gasteiger partial charge in [0.15, 0.2) is 17.5 Å². The van der Waals surface area contributed by atoms with Gasteiger partial charge in [-0.05, 0) is 128 Å². The maximum atomic E-state index is 15.1. The lowest BCUT2D eigenvalue weighted by Crippen LogP contribution is -2.78. The minimum atomic E-state index is -2.43. The largest absolute Gasteiger partial charge is 0.507 e. The second-order valence-electron chi connectivity index (χ2n) is 21.8. The summed E-state index contributed by atoms with van der Waals surface area (Å²) in [5, 5.41) is 81.0. The molecule has 0 amide bonds. The van der Waals surface area contributed by atoms with Crippen molar-refractivity contribution in [3.63, 3.8) is 0 Å². The Morgan fingerprint density at radius 1 is 0.882 bits per heavy atom. The molecule has 15 nitrogen and oxygen atoms in total. The number of ketones is 2. The van der Waals surface area contributed by atoms with Crippen molar-refractivity contribution in [2.45, 2.75) is 132 Å². The number of pyridine rings is 1. The van der Waals surface area contributed by atoms with E-state index in [2.05, 4.69) is 26.3 Å². The van der Waals surface area contributed by atoms with Gasteiger partial charge in [0.05, 0.1) is 29.7 Å². The van der Waals surface area contributed by atoms with Crippen molar-refractivity contribution >= 4 is 33.7 Å². The molecule has 10 atom stereocenters. The highest BCUT2D eigenvalue weighted by Crippen LogP contribution is 2.73. The van der Waals surface area contributed by atoms with Gasteiger partial charge in [0.25, 0.3) is 5.79 Å². The quantitative estimate of drug-likeness (QED) is 0.104. The molecule has 1 saturated heterocycles. The molecule has 5 aromatic rings. The number of carbonyl (C=O) groups is 2. The number of nitrogens with one attached hydrogen (secondary N) is 3. The predicted octanol–water partition coefficient (Wildman–Crippen LogP) is 5.54. The van der Waals surface area contributed by atoms with Crippen molar-refractivity contribution in [3.05, 3.63) is 117 Å². The Balaban J connectivity index is 1.10. The number of imidazole rings is 1. The number of aromatic nitrogens is 4. The number of aromatic hydroxyl groups is 1. The molecule has 0 unspecified atom stereocenters. The first-order valence-corrected chi connectivity index (χ1v) is 24.3. The molecule has 0 radical (unpaired) electrons. The Bertz CT molecular complexity index is 3150. The third kappa shape index (κ3) is 4.99. The summed E-state index contributed by atoms with van der Waals surface area (Å²) < 4.78 is 14.5. The number of hydrogen-bond donors (Lipinski definition) is 9. The molecule has 9 N–H and O–H groups in total. The molecule has 6 aliphatic carbocycles. The number of rotatable bonds is 2. The number of H-pyrrole nitrogens is 2. The SMILES string of the molecule is Cc1cc(O)c2c(c1)C(=O)c1c(c3cc4c(nccc14)NC[C@H](O)[C@@]14CCC[C@H]1c1cc(Cc5cnc[nH]5)[nH]c1C1=C[C@@]5(O3)O[C@@]3(C1=C4C[C@]1(CCC4(CCCC4)C1)[C@H]3O)[C@@H](O)[C@H](O)[C@H]5O)C2=O. The normalized spacial score (nSPS) is 35.8. The average Bonchev–Trinajstić information content (AvgIpc) is 4.19. The van der Waals surface area contributed by atoms with Gasteiger partial charge in [-0.3, -0.25) is 9.59 Å². The molecule has 2 aromatic carbocycles. The molecule has 3 saturated carbocycles. The highest BCUT2D eigenvalue weighted by Gasteiger charge is 2.76. The number of phenols is 1. The summed E-state index contributed by atoms with van der Waals surface area (Å²) in [6, 6.07) is 8.30. The number of anilines is 1. The number of carbonyl (C=O) groups excluding carboxylic acids is 2. The van der Waals surface area contributed by atoms with Crippen LogP contribution in [0.4, 0.5) is 5.82 Å². The minimum absolute atomic E-state index is 0.0103. The van der Waals surface area contributed by atoms with Gasteiger partial charge in [-0.1, -0.05) is 24.8 Å². The van der Waals surface area contributed by atoms with Crippen LogP contribution in [-0.4, -0.2) is 111 Å². The first kappa shape index (κ1) is 41.3. The van der Waals surface area contributed by atoms with E-state index in [-0.39, 0.29) is 51.6 Å². The fraction of sp³-hybridized carbons (Fsp3) is 0.472. The molecule has 3 aromatic heterocycles. The number of fused-ring (bicyclic) bond motifs is 7. The van der Waals surface area contributed by atoms with Gasteiger partial charge >= 0.3 is 0 Å². The van der Waals surface area contributed by atoms with E-state index < -0.39 is 64.3 Å². The monoisotopic (exact) mass is 919 g/mol. The number of nitrogens with zero attached hydrogens (tertiary/aromatic N) is 2. The predicted molar refractivity (Wildman–Crippen MR) is 245 cm³/mol. The van der Waals surface area contributed by atoms with E-state index in [1.807, 2.05) is 0 Å². The standard InChI is InChI=1S/C53H53N5O10/c1-24-13-30-37(34(59)14-24)43(62)39-35-17-28-27(38(39)42(30)61)6-12-55-47(28)56-21-36(60)51-9-4-5-32(51)29-16-25(15-26-20-54-23-57-26)58-41(29)31-18-52(67-35)45(64)44(63)46(65)53(68-52)40(31)33(51)19-50(48(53)66)11-10-49(22-50)7-2-3-8-49/h6,12-14,16-18,20,23,32,36,44-46,48,58-60,63-66H,2-5,7-11,15,19,21-22H2,1H3,(H,54,57)(H,55,56)/t32-,36-,44+,45+,46-,48+,50-,51-,52+,53-/m0/s1. The maximum absolute atomic E-state index is 15.1. The number of aryl methyl sites for hydroxylation is 1. The second-order valence-corrected chi connectivity index (χ2v) is 21.8. The summed E-state index contributed by atoms with van der Waals surface area (Å²) in [4.78, 5) is 46.0. The number of aromatic amines is 2. The highest BCUT2D eigenvalue weighted by molar-refractivity contribution is 6.34. The van der Waals surface area contributed by atoms with Crippen LogP contribution in [0.25, 0.3) is 16.3 Å². The van der Waals surface area contributed by atoms with Crippen LogP contribution in [0.3, 0.4) is 0 Å². The van der Waals surface area contributed by atoms with Crippen LogP contribution in [0, 0.1) is 23.2 Å². The molecule has 10 aliphatic rings. The summed E-state index contributed by atoms with van der Waals surface area (Å²) in [6.07, 6.45) is 7.40. The van der Waals surface area contributed by atoms with Crippen molar-refractivity contribution in [2.75, 3.05) is 11.9 Å². The van der Waals surface area contributed by atoms with Crippen LogP contribution in [0.5, 0.6) is 11.5 Å². The van der Waals surface area contributed by atoms with Gasteiger partial charge in [0.1, 0.15) is 29.5 Å². The summed E-state index contributed by atoms with van der Waals surface area (Å²) >= 11 is 0. The van der Waals surface area contributed by atoms with Gasteiger partial charge in [0.2, 0.25) is 5.78 Å². The van der Waals surface area contributed by atoms with Crippen LogP contribution >= 0.6 is 0 Å². The Hall–Kier alpha value is -5.68. The van der Waals surface area contributed by atoms with E-state index in [1.165, 1.54) is 12.1 Å². The first-order chi connectivity index (χ1) is 32.7. The van der Waals surface area contributed by atoms with Gasteiger partial charge in [-0.25, -0.2) is 9.97 Å². The van der Waals surface area contributed by atoms with E-state index in [1.54, 1.807) is 43.9 Å². The Morgan fingerprint density at radius 3 is 2.53 bits per heavy atom. The van der Waals surface area contributed by atoms with Crippen molar-refractivity contribution in [3.8, 4) is 11.5 Å². The Labute approximate surface area is 390 Å². The third-order valence-electron chi connectivity index (χ3n) is 18.5. The summed E-state index contributed by atoms with van der Waals surface area (Å²) in [6.45, 7) is 1.73. The van der Waals surface area contributed by atoms with Gasteiger partial charge in [-0.15, -0.1) is 0 Å². The van der Waals surface area contributed by atoms with Crippen LogP contribution in [0.2, 0.25) is 0 Å². The molecule has 5 spiro atoms. The van der Waals surface area contributed by atoms with E-state index in [0.717, 1.165) is 67.5 Å². The summed E-state index contributed by atoms with van der Waals surface area (Å²) in [7, 11) is 0. The zero-order valence-corrected chi connectivity index (χ0v) is 37.6. The first-order valence-electron chi connectivity index (χ1n) is 24.3. The zero-order valence-electron chi connectivity index (χ0n) is 37.6. The fourth-order valence-corrected chi connectivity index (χ4v) is 15.8. The van der Waals surface area contributed by atoms with Crippen LogP contribution in [-0.2, 0) is 11.2 Å². The topological polar surface area (TPSA) is 243 Å². The number of ether oxygens (including phenoxy) is 2. The molecule has 15 rings (SSSR count). The summed E-state index contributed by atoms with van der Waals surface area (Å²) in [5.74, 6) is -4.24. The maximum Gasteiger partial charge on any atom is 0.261 e. The van der Waals surface area contributed by atoms with Crippen LogP contribution < -0.4 is 10.1 Å². The van der Waals surface area contributed by atoms with Crippen LogP contribution in [0.1, 0.15) is 137 Å². The van der Waals surface area contributed by atoms with Crippen molar-refractivity contribution in [1.29, 1.82) is 0 Å². The molecule has 8 bridgehead atoms. The third-order valence-corrected chi connectivity index (χ3v) is 18.5. The number of benzene rings is 2. The molecule has 350 valence electrons. The van der Waals surface area contributed by atoms with Gasteiger partial charge in [-0.2, -0.15) is 0 Å². The Morgan fingerprint density at radius 2 is 1.72 bits per heavy atom. The van der Waals surface area contributed by atoms with Crippen molar-refractivity contribution in [1.82, 2.24) is 19.9 Å². The highest BCUT2D eigenvalue weighted by atomic mass is 16.7. The number of aliphatic hydroxyl groups excluding tert-OH is 5. The fourth-order valence-electron chi connectivity index (χ4n) is 15.8. The molecule has 68 heavy (non-hydrogen) atoms. The molecule has 7 heterocycles. The van der Waals surface area contributed by atoms with Gasteiger partial charge in [0, 0.05) is 75.4 Å².